The molecular weight excluding hydrogens is 278 g/mol. The molecule has 0 fully saturated rings. The molecule has 19 heavy (non-hydrogen) atoms. The third kappa shape index (κ3) is 3.65. The van der Waals surface area contributed by atoms with E-state index in [0.717, 1.165) is 29.1 Å². The summed E-state index contributed by atoms with van der Waals surface area (Å²) in [6.45, 7) is 10.7. The van der Waals surface area contributed by atoms with E-state index in [-0.39, 0.29) is 0 Å². The zero-order chi connectivity index (χ0) is 14.0. The Morgan fingerprint density at radius 3 is 2.63 bits per heavy atom. The molecule has 2 heterocycles. The van der Waals surface area contributed by atoms with Crippen LogP contribution in [0.1, 0.15) is 33.5 Å². The van der Waals surface area contributed by atoms with Gasteiger partial charge in [0.1, 0.15) is 15.8 Å². The highest BCUT2D eigenvalue weighted by molar-refractivity contribution is 7.16. The first kappa shape index (κ1) is 14.7. The maximum Gasteiger partial charge on any atom is 0.145 e. The predicted molar refractivity (Wildman–Crippen MR) is 82.8 cm³/mol. The molecule has 104 valence electrons. The minimum absolute atomic E-state index is 0.476. The average molecular weight is 298 g/mol. The van der Waals surface area contributed by atoms with Gasteiger partial charge in [0.25, 0.3) is 0 Å². The standard InChI is InChI=1S/C14H20ClN3S/c1-9(2)7-18(10(3)4)8-12-16-13(15)11-5-6-19-14(11)17-12/h5-6,9-10H,7-8H2,1-4H3. The van der Waals surface area contributed by atoms with Gasteiger partial charge in [-0.2, -0.15) is 0 Å². The van der Waals surface area contributed by atoms with E-state index in [1.54, 1.807) is 11.3 Å². The van der Waals surface area contributed by atoms with Crippen molar-refractivity contribution in [3.8, 4) is 0 Å². The lowest BCUT2D eigenvalue weighted by atomic mass is 10.2. The van der Waals surface area contributed by atoms with Gasteiger partial charge >= 0.3 is 0 Å². The van der Waals surface area contributed by atoms with Crippen LogP contribution in [-0.4, -0.2) is 27.5 Å². The molecule has 0 radical (unpaired) electrons. The molecule has 0 spiro atoms. The second-order valence-corrected chi connectivity index (χ2v) is 6.74. The molecule has 2 aromatic rings. The Balaban J connectivity index is 2.23. The summed E-state index contributed by atoms with van der Waals surface area (Å²) in [4.78, 5) is 12.4. The van der Waals surface area contributed by atoms with Crippen LogP contribution < -0.4 is 0 Å². The molecule has 0 amide bonds. The van der Waals surface area contributed by atoms with Crippen molar-refractivity contribution >= 4 is 33.2 Å². The first-order valence-corrected chi connectivity index (χ1v) is 7.86. The van der Waals surface area contributed by atoms with E-state index in [2.05, 4.69) is 42.6 Å². The SMILES string of the molecule is CC(C)CN(Cc1nc(Cl)c2ccsc2n1)C(C)C. The Morgan fingerprint density at radius 1 is 1.26 bits per heavy atom. The van der Waals surface area contributed by atoms with Crippen LogP contribution in [0.4, 0.5) is 0 Å². The summed E-state index contributed by atoms with van der Waals surface area (Å²) >= 11 is 7.82. The largest absolute Gasteiger partial charge is 0.293 e. The van der Waals surface area contributed by atoms with Gasteiger partial charge in [0.05, 0.1) is 6.54 Å². The van der Waals surface area contributed by atoms with Crippen molar-refractivity contribution in [1.29, 1.82) is 0 Å². The summed E-state index contributed by atoms with van der Waals surface area (Å²) in [7, 11) is 0. The molecule has 0 atom stereocenters. The van der Waals surface area contributed by atoms with Crippen LogP contribution in [0, 0.1) is 5.92 Å². The molecular formula is C14H20ClN3S. The van der Waals surface area contributed by atoms with Crippen LogP contribution in [0.15, 0.2) is 11.4 Å². The van der Waals surface area contributed by atoms with Gasteiger partial charge in [-0.15, -0.1) is 11.3 Å². The second kappa shape index (κ2) is 6.16. The topological polar surface area (TPSA) is 29.0 Å². The predicted octanol–water partition coefficient (Wildman–Crippen LogP) is 4.21. The van der Waals surface area contributed by atoms with E-state index < -0.39 is 0 Å². The van der Waals surface area contributed by atoms with Crippen molar-refractivity contribution in [3.63, 3.8) is 0 Å². The van der Waals surface area contributed by atoms with E-state index in [1.807, 2.05) is 11.4 Å². The van der Waals surface area contributed by atoms with E-state index in [1.165, 1.54) is 0 Å². The van der Waals surface area contributed by atoms with Crippen molar-refractivity contribution < 1.29 is 0 Å². The maximum absolute atomic E-state index is 6.21. The van der Waals surface area contributed by atoms with Crippen LogP contribution in [0.3, 0.4) is 0 Å². The molecule has 3 nitrogen and oxygen atoms in total. The van der Waals surface area contributed by atoms with Crippen LogP contribution in [-0.2, 0) is 6.54 Å². The quantitative estimate of drug-likeness (QED) is 0.774. The van der Waals surface area contributed by atoms with Crippen LogP contribution in [0.25, 0.3) is 10.2 Å². The zero-order valence-electron chi connectivity index (χ0n) is 11.9. The highest BCUT2D eigenvalue weighted by Crippen LogP contribution is 2.25. The number of rotatable bonds is 5. The van der Waals surface area contributed by atoms with Gasteiger partial charge in [-0.3, -0.25) is 4.90 Å². The van der Waals surface area contributed by atoms with E-state index in [4.69, 9.17) is 11.6 Å². The molecule has 0 unspecified atom stereocenters. The number of nitrogens with zero attached hydrogens (tertiary/aromatic N) is 3. The molecule has 0 N–H and O–H groups in total. The number of thiophene rings is 1. The third-order valence-electron chi connectivity index (χ3n) is 3.00. The lowest BCUT2D eigenvalue weighted by molar-refractivity contribution is 0.185. The Bertz CT molecular complexity index is 551. The number of hydrogen-bond acceptors (Lipinski definition) is 4. The first-order chi connectivity index (χ1) is 8.97. The Hall–Kier alpha value is -0.710. The van der Waals surface area contributed by atoms with Gasteiger partial charge in [0.15, 0.2) is 0 Å². The minimum Gasteiger partial charge on any atom is -0.293 e. The third-order valence-corrected chi connectivity index (χ3v) is 4.09. The van der Waals surface area contributed by atoms with Crippen LogP contribution in [0.5, 0.6) is 0 Å². The molecule has 0 saturated heterocycles. The number of hydrogen-bond donors (Lipinski definition) is 0. The van der Waals surface area contributed by atoms with E-state index >= 15 is 0 Å². The van der Waals surface area contributed by atoms with Gasteiger partial charge in [-0.25, -0.2) is 9.97 Å². The second-order valence-electron chi connectivity index (χ2n) is 5.49. The lowest BCUT2D eigenvalue weighted by Gasteiger charge is -2.27. The molecule has 0 aliphatic rings. The molecule has 2 aromatic heterocycles. The number of fused-ring (bicyclic) bond motifs is 1. The van der Waals surface area contributed by atoms with Crippen molar-refractivity contribution in [2.75, 3.05) is 6.54 Å². The minimum atomic E-state index is 0.476. The van der Waals surface area contributed by atoms with Gasteiger partial charge in [0, 0.05) is 18.0 Å². The van der Waals surface area contributed by atoms with Crippen LogP contribution in [0.2, 0.25) is 5.15 Å². The zero-order valence-corrected chi connectivity index (χ0v) is 13.4. The number of aromatic nitrogens is 2. The first-order valence-electron chi connectivity index (χ1n) is 6.61. The molecule has 0 aliphatic heterocycles. The fraction of sp³-hybridized carbons (Fsp3) is 0.571. The lowest BCUT2D eigenvalue weighted by Crippen LogP contribution is -2.34. The summed E-state index contributed by atoms with van der Waals surface area (Å²) in [5, 5.41) is 3.52. The van der Waals surface area contributed by atoms with Crippen molar-refractivity contribution in [2.24, 2.45) is 5.92 Å². The number of halogens is 1. The highest BCUT2D eigenvalue weighted by atomic mass is 35.5. The van der Waals surface area contributed by atoms with Crippen molar-refractivity contribution in [3.05, 3.63) is 22.4 Å². The smallest absolute Gasteiger partial charge is 0.145 e. The fourth-order valence-corrected chi connectivity index (χ4v) is 3.13. The van der Waals surface area contributed by atoms with Gasteiger partial charge in [-0.1, -0.05) is 25.4 Å². The maximum atomic E-state index is 6.21. The van der Waals surface area contributed by atoms with E-state index in [9.17, 15) is 0 Å². The molecule has 0 saturated carbocycles. The highest BCUT2D eigenvalue weighted by Gasteiger charge is 2.15. The van der Waals surface area contributed by atoms with Gasteiger partial charge in [0.2, 0.25) is 0 Å². The van der Waals surface area contributed by atoms with Gasteiger partial charge < -0.3 is 0 Å². The summed E-state index contributed by atoms with van der Waals surface area (Å²) < 4.78 is 0. The van der Waals surface area contributed by atoms with Crippen LogP contribution >= 0.6 is 22.9 Å². The normalized spacial score (nSPS) is 12.2. The Labute approximate surface area is 123 Å². The summed E-state index contributed by atoms with van der Waals surface area (Å²) in [5.74, 6) is 1.44. The molecule has 5 heteroatoms. The fourth-order valence-electron chi connectivity index (χ4n) is 2.04. The average Bonchev–Trinajstić information content (AvgIpc) is 2.76. The summed E-state index contributed by atoms with van der Waals surface area (Å²) in [6, 6.07) is 2.45. The summed E-state index contributed by atoms with van der Waals surface area (Å²) in [5.41, 5.74) is 0. The van der Waals surface area contributed by atoms with Gasteiger partial charge in [-0.05, 0) is 31.2 Å². The Morgan fingerprint density at radius 2 is 2.00 bits per heavy atom. The Kier molecular flexibility index (Phi) is 4.76. The molecule has 0 bridgehead atoms. The van der Waals surface area contributed by atoms with Crippen molar-refractivity contribution in [2.45, 2.75) is 40.3 Å². The monoisotopic (exact) mass is 297 g/mol. The molecule has 0 aliphatic carbocycles. The van der Waals surface area contributed by atoms with Crippen molar-refractivity contribution in [1.82, 2.24) is 14.9 Å². The molecule has 0 aromatic carbocycles. The molecule has 2 rings (SSSR count). The van der Waals surface area contributed by atoms with E-state index in [0.29, 0.717) is 17.1 Å². The summed E-state index contributed by atoms with van der Waals surface area (Å²) in [6.07, 6.45) is 0.